The maximum atomic E-state index is 11.9. The highest BCUT2D eigenvalue weighted by Gasteiger charge is 2.11. The van der Waals surface area contributed by atoms with Crippen molar-refractivity contribution >= 4 is 23.6 Å². The van der Waals surface area contributed by atoms with Gasteiger partial charge in [0.1, 0.15) is 5.75 Å². The minimum absolute atomic E-state index is 0.338. The second-order valence-electron chi connectivity index (χ2n) is 5.87. The van der Waals surface area contributed by atoms with Crippen molar-refractivity contribution in [1.29, 1.82) is 0 Å². The Labute approximate surface area is 170 Å². The van der Waals surface area contributed by atoms with E-state index in [2.05, 4.69) is 5.32 Å². The minimum Gasteiger partial charge on any atom is -0.494 e. The Balaban J connectivity index is 1.78. The summed E-state index contributed by atoms with van der Waals surface area (Å²) in [6.07, 6.45) is 3.83. The van der Waals surface area contributed by atoms with Crippen LogP contribution in [-0.2, 0) is 14.3 Å². The van der Waals surface area contributed by atoms with Crippen LogP contribution in [-0.4, -0.2) is 38.8 Å². The van der Waals surface area contributed by atoms with Gasteiger partial charge in [0.2, 0.25) is 0 Å². The van der Waals surface area contributed by atoms with E-state index in [-0.39, 0.29) is 6.61 Å². The second kappa shape index (κ2) is 11.4. The fourth-order valence-electron chi connectivity index (χ4n) is 2.42. The number of carbonyl (C=O) groups is 2. The molecule has 0 bridgehead atoms. The first kappa shape index (κ1) is 21.8. The molecule has 0 aromatic heterocycles. The smallest absolute Gasteiger partial charge is 0.344 e. The first-order valence-corrected chi connectivity index (χ1v) is 9.17. The Bertz CT molecular complexity index is 845. The number of carbonyl (C=O) groups excluding carboxylic acids is 2. The molecular weight excluding hydrogens is 374 g/mol. The lowest BCUT2D eigenvalue weighted by Crippen LogP contribution is -2.23. The first-order valence-electron chi connectivity index (χ1n) is 9.17. The van der Waals surface area contributed by atoms with Gasteiger partial charge < -0.3 is 24.3 Å². The number of anilines is 1. The maximum Gasteiger partial charge on any atom is 0.344 e. The van der Waals surface area contributed by atoms with Crippen LogP contribution in [0.4, 0.5) is 5.69 Å². The summed E-state index contributed by atoms with van der Waals surface area (Å²) in [6, 6.07) is 12.2. The number of benzene rings is 2. The molecule has 0 aliphatic carbocycles. The van der Waals surface area contributed by atoms with E-state index in [0.717, 1.165) is 5.56 Å². The van der Waals surface area contributed by atoms with Gasteiger partial charge in [0.25, 0.3) is 5.91 Å². The Kier molecular flexibility index (Phi) is 8.56. The van der Waals surface area contributed by atoms with Gasteiger partial charge in [-0.05, 0) is 55.8 Å². The third kappa shape index (κ3) is 7.21. The van der Waals surface area contributed by atoms with Crippen LogP contribution < -0.4 is 19.5 Å². The van der Waals surface area contributed by atoms with Gasteiger partial charge in [-0.3, -0.25) is 4.79 Å². The molecule has 29 heavy (non-hydrogen) atoms. The first-order chi connectivity index (χ1) is 14.0. The lowest BCUT2D eigenvalue weighted by molar-refractivity contribution is -0.149. The van der Waals surface area contributed by atoms with Gasteiger partial charge in [-0.2, -0.15) is 0 Å². The summed E-state index contributed by atoms with van der Waals surface area (Å²) in [6.45, 7) is 3.62. The fraction of sp³-hybridized carbons (Fsp3) is 0.273. The lowest BCUT2D eigenvalue weighted by Gasteiger charge is -2.11. The van der Waals surface area contributed by atoms with E-state index in [1.165, 1.54) is 7.11 Å². The summed E-state index contributed by atoms with van der Waals surface area (Å²) in [7, 11) is 1.52. The molecule has 0 heterocycles. The summed E-state index contributed by atoms with van der Waals surface area (Å²) in [4.78, 5) is 23.8. The van der Waals surface area contributed by atoms with E-state index >= 15 is 0 Å². The normalized spacial score (nSPS) is 10.4. The van der Waals surface area contributed by atoms with E-state index in [1.807, 2.05) is 32.1 Å². The number of nitrogens with one attached hydrogen (secondary N) is 1. The van der Waals surface area contributed by atoms with Crippen LogP contribution in [0.1, 0.15) is 19.4 Å². The molecule has 0 atom stereocenters. The largest absolute Gasteiger partial charge is 0.494 e. The number of amides is 1. The van der Waals surface area contributed by atoms with Crippen molar-refractivity contribution in [3.8, 4) is 17.2 Å². The van der Waals surface area contributed by atoms with E-state index in [1.54, 1.807) is 36.4 Å². The van der Waals surface area contributed by atoms with Crippen LogP contribution >= 0.6 is 0 Å². The van der Waals surface area contributed by atoms with Gasteiger partial charge in [-0.1, -0.05) is 18.2 Å². The maximum absolute atomic E-state index is 11.9. The van der Waals surface area contributed by atoms with Gasteiger partial charge in [0, 0.05) is 5.69 Å². The van der Waals surface area contributed by atoms with Gasteiger partial charge >= 0.3 is 5.97 Å². The minimum atomic E-state index is -0.661. The van der Waals surface area contributed by atoms with Crippen molar-refractivity contribution in [2.45, 2.75) is 13.8 Å². The molecule has 0 aliphatic rings. The topological polar surface area (TPSA) is 83.1 Å². The predicted molar refractivity (Wildman–Crippen MR) is 110 cm³/mol. The molecule has 0 spiro atoms. The van der Waals surface area contributed by atoms with Crippen molar-refractivity contribution in [2.24, 2.45) is 0 Å². The number of rotatable bonds is 10. The van der Waals surface area contributed by atoms with Crippen molar-refractivity contribution in [3.05, 3.63) is 54.1 Å². The third-order valence-electron chi connectivity index (χ3n) is 3.71. The zero-order chi connectivity index (χ0) is 21.1. The summed E-state index contributed by atoms with van der Waals surface area (Å²) >= 11 is 0. The van der Waals surface area contributed by atoms with Crippen LogP contribution in [0.5, 0.6) is 17.2 Å². The quantitative estimate of drug-likeness (QED) is 0.614. The molecule has 0 saturated carbocycles. The molecule has 154 valence electrons. The van der Waals surface area contributed by atoms with Crippen LogP contribution in [0.3, 0.4) is 0 Å². The third-order valence-corrected chi connectivity index (χ3v) is 3.71. The highest BCUT2D eigenvalue weighted by atomic mass is 16.6. The number of allylic oxidation sites excluding steroid dienone is 1. The van der Waals surface area contributed by atoms with Crippen molar-refractivity contribution in [1.82, 2.24) is 0 Å². The molecule has 0 radical (unpaired) electrons. The molecule has 2 aromatic carbocycles. The van der Waals surface area contributed by atoms with Crippen LogP contribution in [0.2, 0.25) is 0 Å². The van der Waals surface area contributed by atoms with Crippen molar-refractivity contribution in [2.75, 3.05) is 32.2 Å². The second-order valence-corrected chi connectivity index (χ2v) is 5.87. The Morgan fingerprint density at radius 3 is 2.41 bits per heavy atom. The van der Waals surface area contributed by atoms with Crippen LogP contribution in [0.15, 0.2) is 48.5 Å². The average molecular weight is 399 g/mol. The van der Waals surface area contributed by atoms with Gasteiger partial charge in [0.15, 0.2) is 24.7 Å². The molecule has 2 aromatic rings. The van der Waals surface area contributed by atoms with Gasteiger partial charge in [0.05, 0.1) is 13.7 Å². The molecule has 0 fully saturated rings. The molecule has 2 rings (SSSR count). The van der Waals surface area contributed by atoms with E-state index < -0.39 is 18.5 Å². The molecule has 0 saturated heterocycles. The number of hydrogen-bond acceptors (Lipinski definition) is 6. The summed E-state index contributed by atoms with van der Waals surface area (Å²) in [5, 5.41) is 2.64. The molecule has 1 amide bonds. The number of ether oxygens (including phenoxy) is 4. The summed E-state index contributed by atoms with van der Waals surface area (Å²) in [5.41, 5.74) is 1.53. The standard InChI is InChI=1S/C22H25NO6/c1-4-6-16-7-12-19(20(13-16)26-3)28-15-22(25)29-14-21(24)23-17-8-10-18(11-9-17)27-5-2/h4,6-13H,5,14-15H2,1-3H3,(H,23,24)/b6-4+. The van der Waals surface area contributed by atoms with Crippen LogP contribution in [0, 0.1) is 0 Å². The average Bonchev–Trinajstić information content (AvgIpc) is 2.73. The Hall–Kier alpha value is -3.48. The Morgan fingerprint density at radius 1 is 1.00 bits per heavy atom. The molecule has 0 aliphatic heterocycles. The highest BCUT2D eigenvalue weighted by molar-refractivity contribution is 5.92. The zero-order valence-corrected chi connectivity index (χ0v) is 16.8. The number of methoxy groups -OCH3 is 1. The van der Waals surface area contributed by atoms with E-state index in [9.17, 15) is 9.59 Å². The van der Waals surface area contributed by atoms with Gasteiger partial charge in [-0.25, -0.2) is 4.79 Å². The molecule has 7 nitrogen and oxygen atoms in total. The highest BCUT2D eigenvalue weighted by Crippen LogP contribution is 2.28. The molecule has 7 heteroatoms. The predicted octanol–water partition coefficient (Wildman–Crippen LogP) is 3.69. The number of esters is 1. The fourth-order valence-corrected chi connectivity index (χ4v) is 2.42. The SMILES string of the molecule is C/C=C/c1ccc(OCC(=O)OCC(=O)Nc2ccc(OCC)cc2)c(OC)c1. The molecule has 0 unspecified atom stereocenters. The van der Waals surface area contributed by atoms with Crippen molar-refractivity contribution in [3.63, 3.8) is 0 Å². The Morgan fingerprint density at radius 2 is 1.76 bits per heavy atom. The lowest BCUT2D eigenvalue weighted by atomic mass is 10.2. The van der Waals surface area contributed by atoms with Crippen molar-refractivity contribution < 1.29 is 28.5 Å². The molecule has 1 N–H and O–H groups in total. The zero-order valence-electron chi connectivity index (χ0n) is 16.8. The summed E-state index contributed by atoms with van der Waals surface area (Å²) in [5.74, 6) is 0.517. The number of hydrogen-bond donors (Lipinski definition) is 1. The van der Waals surface area contributed by atoms with E-state index in [4.69, 9.17) is 18.9 Å². The van der Waals surface area contributed by atoms with Crippen LogP contribution in [0.25, 0.3) is 6.08 Å². The van der Waals surface area contributed by atoms with Gasteiger partial charge in [-0.15, -0.1) is 0 Å². The molecular formula is C22H25NO6. The summed E-state index contributed by atoms with van der Waals surface area (Å²) < 4.78 is 21.0. The van der Waals surface area contributed by atoms with E-state index in [0.29, 0.717) is 29.5 Å². The monoisotopic (exact) mass is 399 g/mol.